The first-order chi connectivity index (χ1) is 15.9. The molecule has 0 bridgehead atoms. The monoisotopic (exact) mass is 447 g/mol. The summed E-state index contributed by atoms with van der Waals surface area (Å²) in [5.41, 5.74) is 5.09. The highest BCUT2D eigenvalue weighted by atomic mass is 16.5. The molecule has 1 aromatic carbocycles. The second kappa shape index (κ2) is 9.58. The van der Waals surface area contributed by atoms with Crippen molar-refractivity contribution in [2.45, 2.75) is 41.0 Å². The zero-order chi connectivity index (χ0) is 23.5. The number of nitrogens with zero attached hydrogens (tertiary/aromatic N) is 2. The SMILES string of the molecule is CCOCCCNC(=O)c1ccc2nc(-c3cc(C)c(C)o3)c(-c3cc(C)c(C)o3)nc2c1. The molecule has 0 spiro atoms. The molecule has 4 aromatic rings. The molecule has 172 valence electrons. The third-order valence-corrected chi connectivity index (χ3v) is 5.68. The highest BCUT2D eigenvalue weighted by Gasteiger charge is 2.21. The number of ether oxygens (including phenoxy) is 1. The van der Waals surface area contributed by atoms with E-state index in [1.807, 2.05) is 52.8 Å². The Kier molecular flexibility index (Phi) is 6.60. The fourth-order valence-corrected chi connectivity index (χ4v) is 3.54. The van der Waals surface area contributed by atoms with Crippen molar-refractivity contribution in [3.63, 3.8) is 0 Å². The number of aromatic nitrogens is 2. The van der Waals surface area contributed by atoms with Gasteiger partial charge in [-0.05, 0) is 82.5 Å². The van der Waals surface area contributed by atoms with E-state index < -0.39 is 0 Å². The Hall–Kier alpha value is -3.45. The number of carbonyl (C=O) groups excluding carboxylic acids is 1. The number of fused-ring (bicyclic) bond motifs is 1. The van der Waals surface area contributed by atoms with Gasteiger partial charge in [0.2, 0.25) is 0 Å². The molecule has 0 radical (unpaired) electrons. The predicted molar refractivity (Wildman–Crippen MR) is 127 cm³/mol. The van der Waals surface area contributed by atoms with E-state index in [9.17, 15) is 4.79 Å². The Morgan fingerprint density at radius 3 is 2.06 bits per heavy atom. The number of rotatable bonds is 8. The second-order valence-electron chi connectivity index (χ2n) is 8.13. The van der Waals surface area contributed by atoms with Crippen LogP contribution in [0.3, 0.4) is 0 Å². The van der Waals surface area contributed by atoms with Gasteiger partial charge in [0.1, 0.15) is 22.9 Å². The van der Waals surface area contributed by atoms with Crippen molar-refractivity contribution >= 4 is 16.9 Å². The minimum atomic E-state index is -0.150. The molecule has 0 saturated heterocycles. The minimum Gasteiger partial charge on any atom is -0.459 e. The van der Waals surface area contributed by atoms with Crippen LogP contribution in [0.5, 0.6) is 0 Å². The van der Waals surface area contributed by atoms with Crippen LogP contribution in [-0.2, 0) is 4.74 Å². The van der Waals surface area contributed by atoms with Gasteiger partial charge in [-0.2, -0.15) is 0 Å². The van der Waals surface area contributed by atoms with Crippen molar-refractivity contribution < 1.29 is 18.4 Å². The molecular formula is C26H29N3O4. The lowest BCUT2D eigenvalue weighted by molar-refractivity contribution is 0.0944. The van der Waals surface area contributed by atoms with Crippen LogP contribution in [-0.4, -0.2) is 35.6 Å². The zero-order valence-corrected chi connectivity index (χ0v) is 19.7. The Labute approximate surface area is 193 Å². The van der Waals surface area contributed by atoms with Crippen LogP contribution in [0.2, 0.25) is 0 Å². The summed E-state index contributed by atoms with van der Waals surface area (Å²) in [6.07, 6.45) is 0.764. The number of aryl methyl sites for hydroxylation is 4. The average Bonchev–Trinajstić information content (AvgIpc) is 3.32. The van der Waals surface area contributed by atoms with Crippen LogP contribution >= 0.6 is 0 Å². The van der Waals surface area contributed by atoms with Crippen molar-refractivity contribution in [2.24, 2.45) is 0 Å². The second-order valence-corrected chi connectivity index (χ2v) is 8.13. The van der Waals surface area contributed by atoms with Crippen molar-refractivity contribution in [3.8, 4) is 22.9 Å². The normalized spacial score (nSPS) is 11.3. The van der Waals surface area contributed by atoms with Gasteiger partial charge in [0, 0.05) is 25.3 Å². The molecule has 0 aliphatic heterocycles. The van der Waals surface area contributed by atoms with Gasteiger partial charge in [-0.1, -0.05) is 0 Å². The Bertz CT molecular complexity index is 1260. The van der Waals surface area contributed by atoms with Crippen molar-refractivity contribution in [3.05, 3.63) is 58.5 Å². The van der Waals surface area contributed by atoms with Gasteiger partial charge >= 0.3 is 0 Å². The van der Waals surface area contributed by atoms with Crippen LogP contribution < -0.4 is 5.32 Å². The van der Waals surface area contributed by atoms with Gasteiger partial charge in [0.25, 0.3) is 5.91 Å². The summed E-state index contributed by atoms with van der Waals surface area (Å²) in [7, 11) is 0. The largest absolute Gasteiger partial charge is 0.459 e. The molecular weight excluding hydrogens is 418 g/mol. The van der Waals surface area contributed by atoms with Crippen LogP contribution in [0, 0.1) is 27.7 Å². The fraction of sp³-hybridized carbons (Fsp3) is 0.346. The molecule has 3 aromatic heterocycles. The topological polar surface area (TPSA) is 90.4 Å². The summed E-state index contributed by atoms with van der Waals surface area (Å²) < 4.78 is 17.3. The van der Waals surface area contributed by atoms with Crippen molar-refractivity contribution in [1.82, 2.24) is 15.3 Å². The highest BCUT2D eigenvalue weighted by Crippen LogP contribution is 2.35. The van der Waals surface area contributed by atoms with E-state index in [0.717, 1.165) is 29.1 Å². The number of hydrogen-bond donors (Lipinski definition) is 1. The summed E-state index contributed by atoms with van der Waals surface area (Å²) in [4.78, 5) is 22.3. The number of furan rings is 2. The van der Waals surface area contributed by atoms with Gasteiger partial charge in [-0.15, -0.1) is 0 Å². The standard InChI is InChI=1S/C26H29N3O4/c1-6-31-11-7-10-27-26(30)19-8-9-20-21(14-19)29-25(23-13-16(3)18(5)33-23)24(28-20)22-12-15(2)17(4)32-22/h8-9,12-14H,6-7,10-11H2,1-5H3,(H,27,30). The number of benzene rings is 1. The Morgan fingerprint density at radius 1 is 0.909 bits per heavy atom. The fourth-order valence-electron chi connectivity index (χ4n) is 3.54. The summed E-state index contributed by atoms with van der Waals surface area (Å²) in [6.45, 7) is 11.6. The van der Waals surface area contributed by atoms with E-state index in [4.69, 9.17) is 23.5 Å². The van der Waals surface area contributed by atoms with Gasteiger partial charge < -0.3 is 18.9 Å². The van der Waals surface area contributed by atoms with Crippen LogP contribution in [0.4, 0.5) is 0 Å². The molecule has 0 atom stereocenters. The number of hydrogen-bond acceptors (Lipinski definition) is 6. The molecule has 3 heterocycles. The van der Waals surface area contributed by atoms with Crippen LogP contribution in [0.25, 0.3) is 33.9 Å². The maximum Gasteiger partial charge on any atom is 0.251 e. The summed E-state index contributed by atoms with van der Waals surface area (Å²) in [5, 5.41) is 2.93. The maximum atomic E-state index is 12.6. The quantitative estimate of drug-likeness (QED) is 0.357. The third kappa shape index (κ3) is 4.83. The molecule has 0 aliphatic carbocycles. The van der Waals surface area contributed by atoms with E-state index >= 15 is 0 Å². The van der Waals surface area contributed by atoms with Gasteiger partial charge in [-0.25, -0.2) is 9.97 Å². The first-order valence-electron chi connectivity index (χ1n) is 11.2. The smallest absolute Gasteiger partial charge is 0.251 e. The molecule has 1 amide bonds. The molecule has 7 heteroatoms. The lowest BCUT2D eigenvalue weighted by atomic mass is 10.1. The Balaban J connectivity index is 1.73. The lowest BCUT2D eigenvalue weighted by Gasteiger charge is -2.09. The van der Waals surface area contributed by atoms with Crippen molar-refractivity contribution in [1.29, 1.82) is 0 Å². The molecule has 0 fully saturated rings. The van der Waals surface area contributed by atoms with Crippen LogP contribution in [0.1, 0.15) is 46.3 Å². The Morgan fingerprint density at radius 2 is 1.52 bits per heavy atom. The van der Waals surface area contributed by atoms with Gasteiger partial charge in [0.15, 0.2) is 11.5 Å². The van der Waals surface area contributed by atoms with Crippen molar-refractivity contribution in [2.75, 3.05) is 19.8 Å². The zero-order valence-electron chi connectivity index (χ0n) is 19.7. The van der Waals surface area contributed by atoms with E-state index in [0.29, 0.717) is 59.3 Å². The first-order valence-corrected chi connectivity index (χ1v) is 11.2. The molecule has 0 unspecified atom stereocenters. The summed E-state index contributed by atoms with van der Waals surface area (Å²) in [6, 6.07) is 9.24. The average molecular weight is 448 g/mol. The molecule has 4 rings (SSSR count). The van der Waals surface area contributed by atoms with E-state index in [1.54, 1.807) is 12.1 Å². The molecule has 0 aliphatic rings. The van der Waals surface area contributed by atoms with Gasteiger partial charge in [-0.3, -0.25) is 4.79 Å². The van der Waals surface area contributed by atoms with E-state index in [2.05, 4.69) is 5.32 Å². The van der Waals surface area contributed by atoms with E-state index in [1.165, 1.54) is 0 Å². The third-order valence-electron chi connectivity index (χ3n) is 5.68. The predicted octanol–water partition coefficient (Wildman–Crippen LogP) is 5.54. The summed E-state index contributed by atoms with van der Waals surface area (Å²) in [5.74, 6) is 2.76. The number of amides is 1. The number of nitrogens with one attached hydrogen (secondary N) is 1. The first kappa shape index (κ1) is 22.7. The van der Waals surface area contributed by atoms with E-state index in [-0.39, 0.29) is 5.91 Å². The van der Waals surface area contributed by atoms with Crippen LogP contribution in [0.15, 0.2) is 39.2 Å². The maximum absolute atomic E-state index is 12.6. The molecule has 1 N–H and O–H groups in total. The lowest BCUT2D eigenvalue weighted by Crippen LogP contribution is -2.25. The minimum absolute atomic E-state index is 0.150. The highest BCUT2D eigenvalue weighted by molar-refractivity contribution is 5.98. The van der Waals surface area contributed by atoms with Gasteiger partial charge in [0.05, 0.1) is 11.0 Å². The summed E-state index contributed by atoms with van der Waals surface area (Å²) >= 11 is 0. The molecule has 33 heavy (non-hydrogen) atoms. The molecule has 0 saturated carbocycles. The molecule has 7 nitrogen and oxygen atoms in total. The number of carbonyl (C=O) groups is 1.